The molecule has 3 heterocycles. The zero-order valence-corrected chi connectivity index (χ0v) is 23.5. The fourth-order valence-electron chi connectivity index (χ4n) is 5.10. The number of hydrogen-bond donors (Lipinski definition) is 3. The molecule has 3 amide bonds. The van der Waals surface area contributed by atoms with Crippen molar-refractivity contribution in [1.29, 1.82) is 0 Å². The van der Waals surface area contributed by atoms with Gasteiger partial charge in [-0.05, 0) is 62.7 Å². The highest BCUT2D eigenvalue weighted by atomic mass is 19.4. The van der Waals surface area contributed by atoms with Crippen molar-refractivity contribution >= 4 is 34.8 Å². The molecule has 0 radical (unpaired) electrons. The van der Waals surface area contributed by atoms with Gasteiger partial charge in [-0.2, -0.15) is 13.2 Å². The normalized spacial score (nSPS) is 15.6. The van der Waals surface area contributed by atoms with Crippen molar-refractivity contribution in [3.63, 3.8) is 0 Å². The molecule has 5 rings (SSSR count). The number of nitrogens with zero attached hydrogens (tertiary/aromatic N) is 3. The van der Waals surface area contributed by atoms with E-state index < -0.39 is 17.6 Å². The van der Waals surface area contributed by atoms with Gasteiger partial charge in [-0.1, -0.05) is 12.1 Å². The van der Waals surface area contributed by atoms with E-state index in [4.69, 9.17) is 4.74 Å². The maximum Gasteiger partial charge on any atom is 0.416 e. The van der Waals surface area contributed by atoms with Crippen molar-refractivity contribution in [2.75, 3.05) is 60.2 Å². The largest absolute Gasteiger partial charge is 0.416 e. The molecule has 2 aliphatic rings. The third-order valence-corrected chi connectivity index (χ3v) is 7.46. The van der Waals surface area contributed by atoms with Crippen LogP contribution in [-0.2, 0) is 17.5 Å². The summed E-state index contributed by atoms with van der Waals surface area (Å²) in [7, 11) is 0. The number of fused-ring (bicyclic) bond motifs is 1. The third-order valence-electron chi connectivity index (χ3n) is 7.46. The van der Waals surface area contributed by atoms with Crippen LogP contribution in [0.1, 0.15) is 39.0 Å². The number of hydrogen-bond acceptors (Lipinski definition) is 6. The van der Waals surface area contributed by atoms with Crippen molar-refractivity contribution in [3.05, 3.63) is 76.5 Å². The Hall–Kier alpha value is -4.16. The van der Waals surface area contributed by atoms with Crippen LogP contribution in [0.25, 0.3) is 0 Å². The first-order chi connectivity index (χ1) is 20.1. The number of alkyl halides is 3. The molecule has 1 saturated heterocycles. The number of rotatable bonds is 8. The highest BCUT2D eigenvalue weighted by Gasteiger charge is 2.31. The molecule has 0 aliphatic carbocycles. The Morgan fingerprint density at radius 1 is 1.12 bits per heavy atom. The van der Waals surface area contributed by atoms with Crippen LogP contribution in [0, 0.1) is 13.8 Å². The van der Waals surface area contributed by atoms with Gasteiger partial charge in [-0.15, -0.1) is 0 Å². The second-order valence-electron chi connectivity index (χ2n) is 10.4. The monoisotopic (exact) mass is 582 g/mol. The molecular weight excluding hydrogens is 549 g/mol. The predicted octanol–water partition coefficient (Wildman–Crippen LogP) is 5.66. The highest BCUT2D eigenvalue weighted by Crippen LogP contribution is 2.35. The average Bonchev–Trinajstić information content (AvgIpc) is 2.97. The Labute approximate surface area is 242 Å². The summed E-state index contributed by atoms with van der Waals surface area (Å²) in [5.74, 6) is 0.0362. The summed E-state index contributed by atoms with van der Waals surface area (Å²) in [5.41, 5.74) is 3.07. The van der Waals surface area contributed by atoms with Crippen LogP contribution in [-0.4, -0.2) is 61.2 Å². The molecule has 42 heavy (non-hydrogen) atoms. The van der Waals surface area contributed by atoms with Gasteiger partial charge in [0.05, 0.1) is 36.7 Å². The Morgan fingerprint density at radius 3 is 2.67 bits per heavy atom. The van der Waals surface area contributed by atoms with E-state index in [9.17, 15) is 22.8 Å². The topological polar surface area (TPSA) is 98.8 Å². The molecule has 0 atom stereocenters. The molecule has 0 bridgehead atoms. The maximum atomic E-state index is 13.3. The number of benzene rings is 2. The lowest BCUT2D eigenvalue weighted by Gasteiger charge is -2.32. The lowest BCUT2D eigenvalue weighted by Crippen LogP contribution is -2.39. The van der Waals surface area contributed by atoms with Crippen molar-refractivity contribution in [1.82, 2.24) is 9.88 Å². The van der Waals surface area contributed by atoms with E-state index in [2.05, 4.69) is 25.8 Å². The number of aryl methyl sites for hydroxylation is 1. The van der Waals surface area contributed by atoms with E-state index >= 15 is 0 Å². The summed E-state index contributed by atoms with van der Waals surface area (Å²) < 4.78 is 44.7. The minimum absolute atomic E-state index is 0.122. The second kappa shape index (κ2) is 12.4. The van der Waals surface area contributed by atoms with Gasteiger partial charge in [0.2, 0.25) is 0 Å². The third kappa shape index (κ3) is 6.66. The standard InChI is InChI=1S/C30H33F3N6O3/c1-19-7-8-24(36-28(40)21-5-3-6-23(15-21)30(31,32)33)16-25(19)39-18-22-17-35-27(20(2)26(22)37-29(39)41)34-9-4-10-38-11-13-42-14-12-38/h3,5-8,15-17H,4,9-14,18H2,1-2H3,(H,34,35)(H,36,40)(H,37,41). The molecule has 1 fully saturated rings. The minimum atomic E-state index is -4.56. The summed E-state index contributed by atoms with van der Waals surface area (Å²) in [6, 6.07) is 8.91. The SMILES string of the molecule is Cc1ccc(NC(=O)c2cccc(C(F)(F)F)c2)cc1N1Cc2cnc(NCCCN3CCOCC3)c(C)c2NC1=O. The lowest BCUT2D eigenvalue weighted by molar-refractivity contribution is -0.137. The predicted molar refractivity (Wildman–Crippen MR) is 155 cm³/mol. The number of carbonyl (C=O) groups is 2. The van der Waals surface area contributed by atoms with Gasteiger partial charge in [-0.25, -0.2) is 9.78 Å². The molecule has 3 aromatic rings. The molecule has 9 nitrogen and oxygen atoms in total. The van der Waals surface area contributed by atoms with E-state index in [0.717, 1.165) is 80.5 Å². The molecule has 0 unspecified atom stereocenters. The number of anilines is 4. The van der Waals surface area contributed by atoms with Crippen LogP contribution in [0.2, 0.25) is 0 Å². The summed E-state index contributed by atoms with van der Waals surface area (Å²) in [6.45, 7) is 9.19. The molecule has 2 aromatic carbocycles. The van der Waals surface area contributed by atoms with Gasteiger partial charge in [0.15, 0.2) is 0 Å². The number of amides is 3. The Kier molecular flexibility index (Phi) is 8.64. The molecule has 222 valence electrons. The Morgan fingerprint density at radius 2 is 1.90 bits per heavy atom. The van der Waals surface area contributed by atoms with Crippen LogP contribution >= 0.6 is 0 Å². The molecular formula is C30H33F3N6O3. The Balaban J connectivity index is 1.26. The molecule has 0 saturated carbocycles. The van der Waals surface area contributed by atoms with Crippen LogP contribution in [0.5, 0.6) is 0 Å². The number of halogens is 3. The van der Waals surface area contributed by atoms with Crippen molar-refractivity contribution in [2.24, 2.45) is 0 Å². The fourth-order valence-corrected chi connectivity index (χ4v) is 5.10. The average molecular weight is 583 g/mol. The van der Waals surface area contributed by atoms with E-state index in [1.165, 1.54) is 12.1 Å². The summed E-state index contributed by atoms with van der Waals surface area (Å²) in [6.07, 6.45) is -1.86. The zero-order chi connectivity index (χ0) is 29.9. The van der Waals surface area contributed by atoms with E-state index in [0.29, 0.717) is 17.1 Å². The first kappa shape index (κ1) is 29.3. The van der Waals surface area contributed by atoms with Crippen LogP contribution in [0.4, 0.5) is 40.8 Å². The summed E-state index contributed by atoms with van der Waals surface area (Å²) in [5, 5.41) is 9.01. The smallest absolute Gasteiger partial charge is 0.379 e. The Bertz CT molecular complexity index is 1470. The zero-order valence-electron chi connectivity index (χ0n) is 23.5. The van der Waals surface area contributed by atoms with Crippen molar-refractivity contribution < 1.29 is 27.5 Å². The molecule has 0 spiro atoms. The van der Waals surface area contributed by atoms with E-state index in [-0.39, 0.29) is 18.1 Å². The van der Waals surface area contributed by atoms with E-state index in [1.807, 2.05) is 13.8 Å². The van der Waals surface area contributed by atoms with Gasteiger partial charge < -0.3 is 20.7 Å². The van der Waals surface area contributed by atoms with Gasteiger partial charge in [0.25, 0.3) is 5.91 Å². The minimum Gasteiger partial charge on any atom is -0.379 e. The second-order valence-corrected chi connectivity index (χ2v) is 10.4. The number of morpholine rings is 1. The summed E-state index contributed by atoms with van der Waals surface area (Å²) >= 11 is 0. The number of nitrogens with one attached hydrogen (secondary N) is 3. The quantitative estimate of drug-likeness (QED) is 0.297. The molecule has 12 heteroatoms. The number of ether oxygens (including phenoxy) is 1. The summed E-state index contributed by atoms with van der Waals surface area (Å²) in [4.78, 5) is 34.5. The lowest BCUT2D eigenvalue weighted by atomic mass is 10.1. The maximum absolute atomic E-state index is 13.3. The molecule has 1 aromatic heterocycles. The van der Waals surface area contributed by atoms with Gasteiger partial charge in [0, 0.05) is 48.2 Å². The fraction of sp³-hybridized carbons (Fsp3) is 0.367. The van der Waals surface area contributed by atoms with Crippen LogP contribution in [0.15, 0.2) is 48.7 Å². The first-order valence-corrected chi connectivity index (χ1v) is 13.8. The molecule has 2 aliphatic heterocycles. The first-order valence-electron chi connectivity index (χ1n) is 13.8. The number of carbonyl (C=O) groups excluding carboxylic acids is 2. The van der Waals surface area contributed by atoms with Gasteiger partial charge in [-0.3, -0.25) is 14.6 Å². The van der Waals surface area contributed by atoms with Crippen molar-refractivity contribution in [3.8, 4) is 0 Å². The van der Waals surface area contributed by atoms with Crippen LogP contribution < -0.4 is 20.9 Å². The van der Waals surface area contributed by atoms with Crippen LogP contribution in [0.3, 0.4) is 0 Å². The van der Waals surface area contributed by atoms with Gasteiger partial charge in [0.1, 0.15) is 5.82 Å². The number of urea groups is 1. The van der Waals surface area contributed by atoms with Gasteiger partial charge >= 0.3 is 12.2 Å². The van der Waals surface area contributed by atoms with E-state index in [1.54, 1.807) is 29.3 Å². The number of aromatic nitrogens is 1. The number of pyridine rings is 1. The van der Waals surface area contributed by atoms with Crippen molar-refractivity contribution in [2.45, 2.75) is 33.0 Å². The molecule has 3 N–H and O–H groups in total. The highest BCUT2D eigenvalue weighted by molar-refractivity contribution is 6.07.